The largest absolute Gasteiger partial charge is 0.416 e. The zero-order valence-corrected chi connectivity index (χ0v) is 22.7. The molecule has 1 aromatic carbocycles. The molecule has 3 aliphatic carbocycles. The van der Waals surface area contributed by atoms with Gasteiger partial charge in [-0.3, -0.25) is 5.10 Å². The summed E-state index contributed by atoms with van der Waals surface area (Å²) in [5.41, 5.74) is -0.0663. The van der Waals surface area contributed by atoms with Gasteiger partial charge in [0.2, 0.25) is 0 Å². The molecule has 3 saturated carbocycles. The van der Waals surface area contributed by atoms with Crippen LogP contribution in [0.4, 0.5) is 18.0 Å². The van der Waals surface area contributed by atoms with Crippen molar-refractivity contribution in [2.75, 3.05) is 32.4 Å². The van der Waals surface area contributed by atoms with E-state index >= 15 is 0 Å². The van der Waals surface area contributed by atoms with Gasteiger partial charge in [-0.25, -0.2) is 18.8 Å². The van der Waals surface area contributed by atoms with Crippen molar-refractivity contribution in [1.29, 1.82) is 4.78 Å². The Morgan fingerprint density at radius 1 is 1.05 bits per heavy atom. The third kappa shape index (κ3) is 4.52. The predicted molar refractivity (Wildman–Crippen MR) is 137 cm³/mol. The van der Waals surface area contributed by atoms with E-state index in [1.807, 2.05) is 9.80 Å². The highest BCUT2D eigenvalue weighted by molar-refractivity contribution is 7.91. The SMILES string of the molecule is CS(=N)(=O)c1cc(CC2CC3(C2)CN(C(=O)N2CC4(CC(c5nc(C6CC6)n[nH]5)C4)C2)C3)cc(C(F)(F)F)c1. The second-order valence-electron chi connectivity index (χ2n) is 13.1. The van der Waals surface area contributed by atoms with Crippen LogP contribution in [-0.2, 0) is 22.3 Å². The van der Waals surface area contributed by atoms with Gasteiger partial charge in [-0.1, -0.05) is 0 Å². The number of nitrogens with zero attached hydrogens (tertiary/aromatic N) is 4. The number of carbonyl (C=O) groups excluding carboxylic acids is 1. The summed E-state index contributed by atoms with van der Waals surface area (Å²) in [7, 11) is -3.25. The third-order valence-corrected chi connectivity index (χ3v) is 10.7. The van der Waals surface area contributed by atoms with Crippen LogP contribution in [0.15, 0.2) is 23.1 Å². The van der Waals surface area contributed by atoms with E-state index in [0.717, 1.165) is 68.8 Å². The maximum absolute atomic E-state index is 13.4. The molecule has 1 aromatic heterocycles. The lowest BCUT2D eigenvalue weighted by atomic mass is 9.56. The van der Waals surface area contributed by atoms with Crippen LogP contribution in [0.25, 0.3) is 0 Å². The first kappa shape index (κ1) is 25.3. The smallest absolute Gasteiger partial charge is 0.323 e. The monoisotopic (exact) mass is 562 g/mol. The zero-order valence-electron chi connectivity index (χ0n) is 21.9. The number of benzene rings is 1. The Hall–Kier alpha value is -2.63. The molecule has 2 N–H and O–H groups in total. The lowest BCUT2D eigenvalue weighted by molar-refractivity contribution is -0.137. The van der Waals surface area contributed by atoms with Gasteiger partial charge >= 0.3 is 12.2 Å². The lowest BCUT2D eigenvalue weighted by Crippen LogP contribution is -2.70. The topological polar surface area (TPSA) is 106 Å². The minimum Gasteiger partial charge on any atom is -0.323 e. The highest BCUT2D eigenvalue weighted by atomic mass is 32.2. The molecule has 2 aromatic rings. The van der Waals surface area contributed by atoms with Gasteiger partial charge in [0.1, 0.15) is 5.82 Å². The van der Waals surface area contributed by atoms with Crippen molar-refractivity contribution in [2.24, 2.45) is 16.7 Å². The number of hydrogen-bond acceptors (Lipinski definition) is 5. The third-order valence-electron chi connectivity index (χ3n) is 9.57. The average Bonchev–Trinajstić information content (AvgIpc) is 3.48. The molecular weight excluding hydrogens is 529 g/mol. The molecule has 0 radical (unpaired) electrons. The molecule has 7 rings (SSSR count). The van der Waals surface area contributed by atoms with E-state index in [1.54, 1.807) is 0 Å². The van der Waals surface area contributed by atoms with E-state index in [2.05, 4.69) is 10.2 Å². The van der Waals surface area contributed by atoms with Gasteiger partial charge in [-0.2, -0.15) is 18.3 Å². The minimum absolute atomic E-state index is 0.0734. The molecule has 39 heavy (non-hydrogen) atoms. The molecule has 2 saturated heterocycles. The quantitative estimate of drug-likeness (QED) is 0.536. The van der Waals surface area contributed by atoms with Crippen LogP contribution in [0, 0.1) is 21.5 Å². The summed E-state index contributed by atoms with van der Waals surface area (Å²) >= 11 is 0. The number of halogens is 3. The summed E-state index contributed by atoms with van der Waals surface area (Å²) in [6.07, 6.45) is 3.28. The zero-order chi connectivity index (χ0) is 27.4. The van der Waals surface area contributed by atoms with Crippen molar-refractivity contribution in [3.63, 3.8) is 0 Å². The number of amides is 2. The van der Waals surface area contributed by atoms with E-state index in [-0.39, 0.29) is 27.7 Å². The normalized spacial score (nSPS) is 25.5. The number of likely N-dealkylation sites (tertiary alicyclic amines) is 2. The lowest BCUT2D eigenvalue weighted by Gasteiger charge is -2.63. The van der Waals surface area contributed by atoms with Gasteiger partial charge in [0.05, 0.1) is 15.3 Å². The van der Waals surface area contributed by atoms with Crippen LogP contribution in [0.2, 0.25) is 0 Å². The first-order chi connectivity index (χ1) is 18.3. The summed E-state index contributed by atoms with van der Waals surface area (Å²) in [5, 5.41) is 7.49. The van der Waals surface area contributed by atoms with Crippen LogP contribution in [0.3, 0.4) is 0 Å². The van der Waals surface area contributed by atoms with Gasteiger partial charge < -0.3 is 9.80 Å². The molecule has 5 fully saturated rings. The van der Waals surface area contributed by atoms with E-state index in [1.165, 1.54) is 18.9 Å². The van der Waals surface area contributed by atoms with Crippen LogP contribution in [0.5, 0.6) is 0 Å². The fourth-order valence-corrected chi connectivity index (χ4v) is 8.23. The Morgan fingerprint density at radius 3 is 2.23 bits per heavy atom. The number of carbonyl (C=O) groups is 1. The number of hydrogen-bond donors (Lipinski definition) is 2. The Bertz CT molecular complexity index is 1420. The van der Waals surface area contributed by atoms with Crippen LogP contribution < -0.4 is 0 Å². The van der Waals surface area contributed by atoms with Crippen LogP contribution in [0.1, 0.15) is 73.1 Å². The highest BCUT2D eigenvalue weighted by Gasteiger charge is 2.58. The minimum atomic E-state index is -4.55. The molecule has 8 nitrogen and oxygen atoms in total. The number of alkyl halides is 3. The van der Waals surface area contributed by atoms with Crippen molar-refractivity contribution < 1.29 is 22.2 Å². The number of H-pyrrole nitrogens is 1. The second-order valence-corrected chi connectivity index (χ2v) is 15.3. The molecule has 5 aliphatic rings. The summed E-state index contributed by atoms with van der Waals surface area (Å²) in [4.78, 5) is 21.5. The fourth-order valence-electron chi connectivity index (χ4n) is 7.50. The Kier molecular flexibility index (Phi) is 5.33. The molecule has 2 spiro atoms. The van der Waals surface area contributed by atoms with Crippen molar-refractivity contribution in [2.45, 2.75) is 67.9 Å². The molecule has 2 amide bonds. The Balaban J connectivity index is 0.881. The number of aromatic nitrogens is 3. The fraction of sp³-hybridized carbons (Fsp3) is 0.667. The number of aromatic amines is 1. The first-order valence-corrected chi connectivity index (χ1v) is 15.7. The maximum Gasteiger partial charge on any atom is 0.416 e. The number of rotatable bonds is 5. The molecule has 3 heterocycles. The summed E-state index contributed by atoms with van der Waals surface area (Å²) < 4.78 is 60.0. The van der Waals surface area contributed by atoms with Crippen molar-refractivity contribution in [3.05, 3.63) is 41.0 Å². The maximum atomic E-state index is 13.4. The van der Waals surface area contributed by atoms with Crippen LogP contribution in [-0.4, -0.2) is 67.7 Å². The molecule has 210 valence electrons. The molecular formula is C27H33F3N6O2S. The Morgan fingerprint density at radius 2 is 1.67 bits per heavy atom. The number of nitrogens with one attached hydrogen (secondary N) is 2. The first-order valence-electron chi connectivity index (χ1n) is 13.7. The average molecular weight is 563 g/mol. The van der Waals surface area contributed by atoms with E-state index in [9.17, 15) is 22.2 Å². The predicted octanol–water partition coefficient (Wildman–Crippen LogP) is 4.99. The van der Waals surface area contributed by atoms with E-state index < -0.39 is 21.5 Å². The number of urea groups is 1. The van der Waals surface area contributed by atoms with Crippen molar-refractivity contribution >= 4 is 15.8 Å². The molecule has 1 atom stereocenters. The van der Waals surface area contributed by atoms with E-state index in [4.69, 9.17) is 9.76 Å². The van der Waals surface area contributed by atoms with Gasteiger partial charge in [-0.15, -0.1) is 0 Å². The summed E-state index contributed by atoms with van der Waals surface area (Å²) in [6.45, 7) is 3.01. The van der Waals surface area contributed by atoms with Crippen molar-refractivity contribution in [3.8, 4) is 0 Å². The standard InChI is InChI=1S/C27H33F3N6O2S/c1-39(31,38)21-6-16(5-20(7-21)27(28,29)30)4-17-8-25(9-17)12-35(13-25)24(37)36-14-26(15-36)10-19(11-26)23-32-22(33-34-23)18-2-3-18/h5-7,17-19,31H,2-4,8-15H2,1H3,(H,32,33,34). The van der Waals surface area contributed by atoms with Gasteiger partial charge in [-0.05, 0) is 74.6 Å². The van der Waals surface area contributed by atoms with Gasteiger partial charge in [0, 0.05) is 60.0 Å². The van der Waals surface area contributed by atoms with Crippen molar-refractivity contribution in [1.82, 2.24) is 25.0 Å². The molecule has 12 heteroatoms. The van der Waals surface area contributed by atoms with Gasteiger partial charge in [0.25, 0.3) is 0 Å². The van der Waals surface area contributed by atoms with E-state index in [0.29, 0.717) is 36.9 Å². The Labute approximate surface area is 225 Å². The molecule has 2 aliphatic heterocycles. The summed E-state index contributed by atoms with van der Waals surface area (Å²) in [5.74, 6) is 3.15. The van der Waals surface area contributed by atoms with Crippen LogP contribution >= 0.6 is 0 Å². The van der Waals surface area contributed by atoms with Gasteiger partial charge in [0.15, 0.2) is 5.82 Å². The molecule has 0 bridgehead atoms. The molecule has 1 unspecified atom stereocenters. The highest BCUT2D eigenvalue weighted by Crippen LogP contribution is 2.57. The second kappa shape index (κ2) is 8.20. The summed E-state index contributed by atoms with van der Waals surface area (Å²) in [6, 6.07) is 3.55.